The van der Waals surface area contributed by atoms with E-state index in [1.807, 2.05) is 42.9 Å². The highest BCUT2D eigenvalue weighted by Gasteiger charge is 2.72. The van der Waals surface area contributed by atoms with Crippen molar-refractivity contribution < 1.29 is 14.4 Å². The van der Waals surface area contributed by atoms with Crippen molar-refractivity contribution in [3.05, 3.63) is 75.8 Å². The van der Waals surface area contributed by atoms with Gasteiger partial charge in [-0.1, -0.05) is 43.9 Å². The molecule has 0 spiro atoms. The van der Waals surface area contributed by atoms with Gasteiger partial charge in [-0.25, -0.2) is 15.0 Å². The number of ketones is 1. The summed E-state index contributed by atoms with van der Waals surface area (Å²) in [7, 11) is 0. The maximum Gasteiger partial charge on any atom is 0.248 e. The van der Waals surface area contributed by atoms with Gasteiger partial charge in [0.25, 0.3) is 0 Å². The van der Waals surface area contributed by atoms with E-state index >= 15 is 0 Å². The smallest absolute Gasteiger partial charge is 0.248 e. The second kappa shape index (κ2) is 14.4. The van der Waals surface area contributed by atoms with Gasteiger partial charge in [0.05, 0.1) is 17.8 Å². The minimum atomic E-state index is -0.738. The Bertz CT molecular complexity index is 2270. The summed E-state index contributed by atoms with van der Waals surface area (Å²) in [5, 5.41) is 17.5. The first-order valence-electron chi connectivity index (χ1n) is 19.0. The predicted octanol–water partition coefficient (Wildman–Crippen LogP) is 6.45. The second-order valence-electron chi connectivity index (χ2n) is 15.4. The number of amides is 2. The Kier molecular flexibility index (Phi) is 9.65. The Morgan fingerprint density at radius 2 is 1.72 bits per heavy atom. The van der Waals surface area contributed by atoms with E-state index in [9.17, 15) is 14.4 Å². The van der Waals surface area contributed by atoms with Crippen molar-refractivity contribution in [2.75, 3.05) is 5.32 Å². The quantitative estimate of drug-likeness (QED) is 0.160. The molecule has 2 aliphatic heterocycles. The van der Waals surface area contributed by atoms with Crippen LogP contribution in [-0.4, -0.2) is 74.3 Å². The van der Waals surface area contributed by atoms with Crippen LogP contribution in [0.15, 0.2) is 47.5 Å². The van der Waals surface area contributed by atoms with Crippen LogP contribution >= 0.6 is 15.9 Å². The molecule has 8 rings (SSSR count). The Balaban J connectivity index is 1.20. The van der Waals surface area contributed by atoms with Gasteiger partial charge in [-0.3, -0.25) is 23.7 Å². The maximum absolute atomic E-state index is 14.8. The number of nitrogens with zero attached hydrogens (tertiary/aromatic N) is 9. The summed E-state index contributed by atoms with van der Waals surface area (Å²) in [4.78, 5) is 57.4. The molecule has 2 fully saturated rings. The third-order valence-corrected chi connectivity index (χ3v) is 12.2. The molecule has 3 aliphatic rings. The molecule has 1 aromatic carbocycles. The summed E-state index contributed by atoms with van der Waals surface area (Å²) < 4.78 is 4.20. The summed E-state index contributed by atoms with van der Waals surface area (Å²) in [5.41, 5.74) is 5.30. The van der Waals surface area contributed by atoms with Crippen molar-refractivity contribution in [2.24, 2.45) is 11.3 Å². The SMILES string of the molecule is CC(=O)c1nn2c3c(cc(-c4cnc(C)nc4)cc13)CCCCCCCCc1cn(nn1)C[C@@]13C[C@@H](C(=O)Nc4nc(Br)ccc4C)N(C(=O)C2)[C@@H]1[C@@H]3C. The lowest BCUT2D eigenvalue weighted by molar-refractivity contribution is -0.138. The number of aryl methyl sites for hydroxylation is 4. The van der Waals surface area contributed by atoms with Crippen molar-refractivity contribution in [1.82, 2.24) is 44.6 Å². The van der Waals surface area contributed by atoms with Crippen molar-refractivity contribution in [3.63, 3.8) is 0 Å². The summed E-state index contributed by atoms with van der Waals surface area (Å²) >= 11 is 3.42. The van der Waals surface area contributed by atoms with E-state index in [0.717, 1.165) is 84.8 Å². The zero-order valence-electron chi connectivity index (χ0n) is 31.2. The van der Waals surface area contributed by atoms with Crippen LogP contribution in [0.2, 0.25) is 0 Å². The standard InChI is InChI=1S/C40H45BrN10O3/c1-23-13-14-33(41)44-38(23)45-39(54)32-17-40-22-49-20-30(46-48-49)12-10-8-6-5-7-9-11-27-15-28(29-18-42-26(4)43-19-29)16-31-35(25(3)52)47-50(36(27)31)21-34(53)51(32)37(40)24(40)2/h13-16,18-20,24,32,37H,5-12,17,21-22H2,1-4H3,(H,44,45,54)/t24-,32-,37+,40+/m0/s1. The number of benzene rings is 1. The zero-order valence-corrected chi connectivity index (χ0v) is 32.8. The van der Waals surface area contributed by atoms with Gasteiger partial charge >= 0.3 is 0 Å². The number of pyridine rings is 1. The molecule has 4 bridgehead atoms. The van der Waals surface area contributed by atoms with Crippen LogP contribution in [0.3, 0.4) is 0 Å². The van der Waals surface area contributed by atoms with E-state index in [2.05, 4.69) is 59.5 Å². The lowest BCUT2D eigenvalue weighted by atomic mass is 9.95. The van der Waals surface area contributed by atoms with Gasteiger partial charge in [-0.15, -0.1) is 5.10 Å². The molecule has 6 heterocycles. The number of nitrogens with one attached hydrogen (secondary N) is 1. The minimum Gasteiger partial charge on any atom is -0.325 e. The van der Waals surface area contributed by atoms with Crippen molar-refractivity contribution in [2.45, 2.75) is 111 Å². The summed E-state index contributed by atoms with van der Waals surface area (Å²) in [5.74, 6) is 0.575. The number of carbonyl (C=O) groups is 3. The Hall–Kier alpha value is -4.85. The van der Waals surface area contributed by atoms with Crippen LogP contribution in [-0.2, 0) is 35.5 Å². The highest BCUT2D eigenvalue weighted by Crippen LogP contribution is 2.65. The van der Waals surface area contributed by atoms with Gasteiger partial charge in [0.15, 0.2) is 5.78 Å². The molecule has 1 N–H and O–H groups in total. The molecular weight excluding hydrogens is 748 g/mol. The molecule has 5 aromatic rings. The third-order valence-electron chi connectivity index (χ3n) is 11.8. The first-order chi connectivity index (χ1) is 26.0. The fourth-order valence-corrected chi connectivity index (χ4v) is 9.19. The number of anilines is 1. The Morgan fingerprint density at radius 3 is 2.48 bits per heavy atom. The number of hydrogen-bond acceptors (Lipinski definition) is 9. The molecule has 0 radical (unpaired) electrons. The highest BCUT2D eigenvalue weighted by molar-refractivity contribution is 9.10. The molecule has 13 nitrogen and oxygen atoms in total. The largest absolute Gasteiger partial charge is 0.325 e. The number of aromatic nitrogens is 8. The first kappa shape index (κ1) is 36.1. The van der Waals surface area contributed by atoms with Crippen molar-refractivity contribution >= 4 is 50.2 Å². The number of hydrogen-bond donors (Lipinski definition) is 1. The number of Topliss-reactive ketones (excluding diaryl/α,β-unsaturated/α-hetero) is 1. The number of rotatable bonds is 4. The van der Waals surface area contributed by atoms with E-state index < -0.39 is 6.04 Å². The van der Waals surface area contributed by atoms with E-state index in [4.69, 9.17) is 5.10 Å². The van der Waals surface area contributed by atoms with Crippen LogP contribution < -0.4 is 5.32 Å². The molecule has 0 unspecified atom stereocenters. The number of piperidine rings is 1. The van der Waals surface area contributed by atoms with Gasteiger partial charge in [-0.2, -0.15) is 5.10 Å². The van der Waals surface area contributed by atoms with E-state index in [0.29, 0.717) is 40.3 Å². The van der Waals surface area contributed by atoms with Crippen LogP contribution in [0.5, 0.6) is 0 Å². The van der Waals surface area contributed by atoms with Crippen LogP contribution in [0.1, 0.15) is 91.9 Å². The first-order valence-corrected chi connectivity index (χ1v) is 19.8. The molecule has 1 saturated carbocycles. The minimum absolute atomic E-state index is 0.117. The third kappa shape index (κ3) is 6.73. The normalized spacial score (nSPS) is 23.2. The summed E-state index contributed by atoms with van der Waals surface area (Å²) in [6.45, 7) is 7.84. The molecule has 2 amide bonds. The molecular formula is C40H45BrN10O3. The molecule has 1 aliphatic carbocycles. The lowest BCUT2D eigenvalue weighted by Crippen LogP contribution is -2.47. The number of carbonyl (C=O) groups excluding carboxylic acids is 3. The van der Waals surface area contributed by atoms with Crippen LogP contribution in [0.25, 0.3) is 22.0 Å². The fourth-order valence-electron chi connectivity index (χ4n) is 8.88. The van der Waals surface area contributed by atoms with E-state index in [-0.39, 0.29) is 41.5 Å². The van der Waals surface area contributed by atoms with Crippen LogP contribution in [0.4, 0.5) is 5.82 Å². The summed E-state index contributed by atoms with van der Waals surface area (Å²) in [6, 6.07) is 6.89. The van der Waals surface area contributed by atoms with Crippen LogP contribution in [0, 0.1) is 25.2 Å². The van der Waals surface area contributed by atoms with E-state index in [1.54, 1.807) is 22.0 Å². The number of fused-ring (bicyclic) bond motifs is 2. The zero-order chi connectivity index (χ0) is 37.7. The van der Waals surface area contributed by atoms with Gasteiger partial charge in [0, 0.05) is 47.9 Å². The van der Waals surface area contributed by atoms with Gasteiger partial charge in [-0.05, 0) is 103 Å². The molecule has 1 saturated heterocycles. The average Bonchev–Trinajstić information content (AvgIpc) is 3.58. The fraction of sp³-hybridized carbons (Fsp3) is 0.475. The average molecular weight is 794 g/mol. The Morgan fingerprint density at radius 1 is 0.981 bits per heavy atom. The highest BCUT2D eigenvalue weighted by atomic mass is 79.9. The molecule has 54 heavy (non-hydrogen) atoms. The Labute approximate surface area is 322 Å². The molecule has 280 valence electrons. The van der Waals surface area contributed by atoms with Gasteiger partial charge < -0.3 is 10.2 Å². The molecule has 4 aromatic heterocycles. The van der Waals surface area contributed by atoms with Gasteiger partial charge in [0.1, 0.15) is 34.5 Å². The molecule has 14 heteroatoms. The van der Waals surface area contributed by atoms with E-state index in [1.165, 1.54) is 6.92 Å². The molecule has 4 atom stereocenters. The van der Waals surface area contributed by atoms with Gasteiger partial charge in [0.2, 0.25) is 11.8 Å². The lowest BCUT2D eigenvalue weighted by Gasteiger charge is -2.28. The second-order valence-corrected chi connectivity index (χ2v) is 16.2. The topological polar surface area (TPSA) is 154 Å². The maximum atomic E-state index is 14.8. The summed E-state index contributed by atoms with van der Waals surface area (Å²) in [6.07, 6.45) is 14.2. The monoisotopic (exact) mass is 792 g/mol. The predicted molar refractivity (Wildman–Crippen MR) is 207 cm³/mol. The van der Waals surface area contributed by atoms with Crippen molar-refractivity contribution in [3.8, 4) is 11.1 Å². The van der Waals surface area contributed by atoms with Crippen molar-refractivity contribution in [1.29, 1.82) is 0 Å². The number of halogens is 1.